The Morgan fingerprint density at radius 3 is 2.17 bits per heavy atom. The zero-order chi connectivity index (χ0) is 21.6. The van der Waals surface area contributed by atoms with Crippen molar-refractivity contribution in [3.8, 4) is 0 Å². The van der Waals surface area contributed by atoms with Crippen LogP contribution in [-0.4, -0.2) is 10.7 Å². The molecule has 0 bridgehead atoms. The Kier molecular flexibility index (Phi) is 10.9. The molecule has 3 aromatic rings. The van der Waals surface area contributed by atoms with Crippen LogP contribution in [0.1, 0.15) is 50.9 Å². The van der Waals surface area contributed by atoms with Crippen LogP contribution in [-0.2, 0) is 0 Å². The summed E-state index contributed by atoms with van der Waals surface area (Å²) >= 11 is 0. The van der Waals surface area contributed by atoms with Gasteiger partial charge in [-0.15, -0.1) is 0 Å². The van der Waals surface area contributed by atoms with E-state index in [0.717, 1.165) is 23.5 Å². The van der Waals surface area contributed by atoms with E-state index in [2.05, 4.69) is 35.6 Å². The van der Waals surface area contributed by atoms with Gasteiger partial charge < -0.3 is 0 Å². The Hall–Kier alpha value is -3.07. The lowest BCUT2D eigenvalue weighted by atomic mass is 10.0. The number of nitrogens with zero attached hydrogens (tertiary/aromatic N) is 2. The molecule has 3 rings (SSSR count). The largest absolute Gasteiger partial charge is 0.257 e. The minimum absolute atomic E-state index is 0.301. The van der Waals surface area contributed by atoms with Crippen LogP contribution in [0.15, 0.2) is 84.5 Å². The molecular formula is C26H31FN2. The number of hydrogen-bond acceptors (Lipinski definition) is 2. The summed E-state index contributed by atoms with van der Waals surface area (Å²) in [7, 11) is 0. The molecule has 0 saturated heterocycles. The predicted molar refractivity (Wildman–Crippen MR) is 124 cm³/mol. The van der Waals surface area contributed by atoms with Crippen molar-refractivity contribution in [2.45, 2.75) is 41.0 Å². The number of benzene rings is 2. The lowest BCUT2D eigenvalue weighted by Crippen LogP contribution is -1.93. The second-order valence-electron chi connectivity index (χ2n) is 6.21. The van der Waals surface area contributed by atoms with Crippen LogP contribution in [0.4, 0.5) is 10.1 Å². The van der Waals surface area contributed by atoms with E-state index >= 15 is 0 Å². The van der Waals surface area contributed by atoms with Gasteiger partial charge in [0.25, 0.3) is 0 Å². The van der Waals surface area contributed by atoms with Crippen LogP contribution in [0.25, 0.3) is 5.57 Å². The Balaban J connectivity index is 0.000000390. The molecular weight excluding hydrogens is 359 g/mol. The molecule has 0 aliphatic rings. The first-order valence-electron chi connectivity index (χ1n) is 9.97. The lowest BCUT2D eigenvalue weighted by molar-refractivity contribution is 0.627. The summed E-state index contributed by atoms with van der Waals surface area (Å²) in [6, 6.07) is 20.4. The van der Waals surface area contributed by atoms with Crippen molar-refractivity contribution in [1.29, 1.82) is 0 Å². The van der Waals surface area contributed by atoms with Crippen molar-refractivity contribution in [1.82, 2.24) is 4.98 Å². The molecule has 1 heterocycles. The lowest BCUT2D eigenvalue weighted by Gasteiger charge is -2.09. The molecule has 0 fully saturated rings. The zero-order valence-corrected chi connectivity index (χ0v) is 18.1. The fourth-order valence-electron chi connectivity index (χ4n) is 2.35. The molecule has 29 heavy (non-hydrogen) atoms. The van der Waals surface area contributed by atoms with Gasteiger partial charge >= 0.3 is 0 Å². The molecule has 1 aromatic heterocycles. The van der Waals surface area contributed by atoms with Gasteiger partial charge in [0.15, 0.2) is 0 Å². The molecule has 0 unspecified atom stereocenters. The summed E-state index contributed by atoms with van der Waals surface area (Å²) < 4.78 is 13.5. The van der Waals surface area contributed by atoms with E-state index in [1.807, 2.05) is 64.1 Å². The second kappa shape index (κ2) is 13.2. The molecule has 0 saturated carbocycles. The summed E-state index contributed by atoms with van der Waals surface area (Å²) in [4.78, 5) is 8.78. The standard InChI is InChI=1S/C17H17FN2.C7H8.C2H6/c1-4-12(2)20-17-9-8-14(18)11-15(17)13(3)16-7-5-6-10-19-16;1-7-5-3-2-4-6-7;1-2/h5-11H,3-4H2,1-2H3;2-6H,1H3;1-2H3. The number of rotatable bonds is 4. The van der Waals surface area contributed by atoms with Gasteiger partial charge in [-0.1, -0.05) is 69.3 Å². The maximum Gasteiger partial charge on any atom is 0.123 e. The average Bonchev–Trinajstić information content (AvgIpc) is 2.77. The molecule has 152 valence electrons. The Labute approximate surface area is 174 Å². The molecule has 0 aliphatic carbocycles. The normalized spacial score (nSPS) is 10.2. The minimum atomic E-state index is -0.301. The number of aliphatic imine (C=N–C) groups is 1. The number of pyridine rings is 1. The highest BCUT2D eigenvalue weighted by Crippen LogP contribution is 2.30. The molecule has 0 aliphatic heterocycles. The van der Waals surface area contributed by atoms with Crippen LogP contribution < -0.4 is 0 Å². The predicted octanol–water partition coefficient (Wildman–Crippen LogP) is 7.81. The van der Waals surface area contributed by atoms with E-state index in [9.17, 15) is 4.39 Å². The van der Waals surface area contributed by atoms with Crippen molar-refractivity contribution in [2.75, 3.05) is 0 Å². The second-order valence-corrected chi connectivity index (χ2v) is 6.21. The first-order valence-corrected chi connectivity index (χ1v) is 9.97. The van der Waals surface area contributed by atoms with Crippen LogP contribution in [0.3, 0.4) is 0 Å². The molecule has 2 aromatic carbocycles. The summed E-state index contributed by atoms with van der Waals surface area (Å²) in [5.41, 5.74) is 5.11. The monoisotopic (exact) mass is 390 g/mol. The van der Waals surface area contributed by atoms with Crippen molar-refractivity contribution in [2.24, 2.45) is 4.99 Å². The smallest absolute Gasteiger partial charge is 0.123 e. The van der Waals surface area contributed by atoms with E-state index in [1.54, 1.807) is 12.3 Å². The van der Waals surface area contributed by atoms with Gasteiger partial charge in [-0.3, -0.25) is 9.98 Å². The van der Waals surface area contributed by atoms with E-state index in [1.165, 1.54) is 17.7 Å². The van der Waals surface area contributed by atoms with Crippen LogP contribution >= 0.6 is 0 Å². The van der Waals surface area contributed by atoms with Gasteiger partial charge in [0.1, 0.15) is 5.82 Å². The zero-order valence-electron chi connectivity index (χ0n) is 18.1. The maximum absolute atomic E-state index is 13.5. The summed E-state index contributed by atoms with van der Waals surface area (Å²) in [6.07, 6.45) is 2.55. The van der Waals surface area contributed by atoms with Gasteiger partial charge in [-0.2, -0.15) is 0 Å². The van der Waals surface area contributed by atoms with Crippen molar-refractivity contribution < 1.29 is 4.39 Å². The number of halogens is 1. The van der Waals surface area contributed by atoms with Crippen LogP contribution in [0.5, 0.6) is 0 Å². The van der Waals surface area contributed by atoms with Gasteiger partial charge in [-0.25, -0.2) is 4.39 Å². The quantitative estimate of drug-likeness (QED) is 0.417. The van der Waals surface area contributed by atoms with Crippen LogP contribution in [0.2, 0.25) is 0 Å². The molecule has 0 radical (unpaired) electrons. The third-order valence-corrected chi connectivity index (χ3v) is 4.02. The number of aromatic nitrogens is 1. The molecule has 0 amide bonds. The first kappa shape index (κ1) is 24.0. The Morgan fingerprint density at radius 1 is 1.00 bits per heavy atom. The van der Waals surface area contributed by atoms with E-state index in [-0.39, 0.29) is 5.82 Å². The Morgan fingerprint density at radius 2 is 1.66 bits per heavy atom. The van der Waals surface area contributed by atoms with E-state index in [0.29, 0.717) is 11.1 Å². The van der Waals surface area contributed by atoms with E-state index < -0.39 is 0 Å². The first-order chi connectivity index (χ1) is 14.0. The highest BCUT2D eigenvalue weighted by atomic mass is 19.1. The molecule has 0 N–H and O–H groups in total. The summed E-state index contributed by atoms with van der Waals surface area (Å²) in [5, 5.41) is 0. The SMILES string of the molecule is C=C(c1ccccn1)c1cc(F)ccc1N=C(C)CC.CC.Cc1ccccc1. The van der Waals surface area contributed by atoms with Gasteiger partial charge in [0.2, 0.25) is 0 Å². The van der Waals surface area contributed by atoms with Crippen LogP contribution in [0, 0.1) is 12.7 Å². The van der Waals surface area contributed by atoms with Gasteiger partial charge in [-0.05, 0) is 50.6 Å². The fraction of sp³-hybridized carbons (Fsp3) is 0.231. The molecule has 3 heteroatoms. The van der Waals surface area contributed by atoms with Gasteiger partial charge in [0.05, 0.1) is 11.4 Å². The number of aryl methyl sites for hydroxylation is 1. The third kappa shape index (κ3) is 8.22. The van der Waals surface area contributed by atoms with Crippen molar-refractivity contribution in [3.05, 3.63) is 102 Å². The Bertz CT molecular complexity index is 901. The van der Waals surface area contributed by atoms with Crippen molar-refractivity contribution >= 4 is 17.0 Å². The minimum Gasteiger partial charge on any atom is -0.257 e. The molecule has 2 nitrogen and oxygen atoms in total. The highest BCUT2D eigenvalue weighted by molar-refractivity contribution is 5.88. The third-order valence-electron chi connectivity index (χ3n) is 4.02. The van der Waals surface area contributed by atoms with E-state index in [4.69, 9.17) is 0 Å². The average molecular weight is 391 g/mol. The van der Waals surface area contributed by atoms with Gasteiger partial charge in [0, 0.05) is 23.0 Å². The summed E-state index contributed by atoms with van der Waals surface area (Å²) in [5.74, 6) is -0.301. The maximum atomic E-state index is 13.5. The molecule has 0 atom stereocenters. The number of hydrogen-bond donors (Lipinski definition) is 0. The summed E-state index contributed by atoms with van der Waals surface area (Å²) in [6.45, 7) is 14.1. The highest BCUT2D eigenvalue weighted by Gasteiger charge is 2.10. The van der Waals surface area contributed by atoms with Crippen molar-refractivity contribution in [3.63, 3.8) is 0 Å². The fourth-order valence-corrected chi connectivity index (χ4v) is 2.35. The molecule has 0 spiro atoms. The topological polar surface area (TPSA) is 25.2 Å².